The molecule has 2 aromatic rings. The largest absolute Gasteiger partial charge is 0.352 e. The molecular weight excluding hydrogens is 355 g/mol. The molecule has 0 atom stereocenters. The number of nitrogens with one attached hydrogen (secondary N) is 1. The number of rotatable bonds is 7. The maximum Gasteiger partial charge on any atom is 0.243 e. The number of carbonyl (C=O) groups excluding carboxylic acids is 1. The van der Waals surface area contributed by atoms with Crippen molar-refractivity contribution in [3.8, 4) is 0 Å². The van der Waals surface area contributed by atoms with Crippen molar-refractivity contribution in [1.82, 2.24) is 9.62 Å². The Balaban J connectivity index is 1.88. The smallest absolute Gasteiger partial charge is 0.243 e. The van der Waals surface area contributed by atoms with Crippen molar-refractivity contribution in [3.05, 3.63) is 65.5 Å². The lowest BCUT2D eigenvalue weighted by atomic mass is 10.2. The second-order valence-electron chi connectivity index (χ2n) is 6.52. The Labute approximate surface area is 152 Å². The molecule has 0 radical (unpaired) electrons. The van der Waals surface area contributed by atoms with Crippen molar-refractivity contribution >= 4 is 15.9 Å². The van der Waals surface area contributed by atoms with Crippen LogP contribution in [0.15, 0.2) is 53.4 Å². The maximum absolute atomic E-state index is 14.0. The molecule has 5 nitrogen and oxygen atoms in total. The molecule has 0 unspecified atom stereocenters. The topological polar surface area (TPSA) is 66.5 Å². The summed E-state index contributed by atoms with van der Waals surface area (Å²) in [5, 5.41) is 2.78. The van der Waals surface area contributed by atoms with Crippen molar-refractivity contribution in [3.63, 3.8) is 0 Å². The van der Waals surface area contributed by atoms with Gasteiger partial charge in [-0.3, -0.25) is 4.79 Å². The molecule has 2 aromatic carbocycles. The van der Waals surface area contributed by atoms with Crippen LogP contribution in [0.3, 0.4) is 0 Å². The molecule has 7 heteroatoms. The van der Waals surface area contributed by atoms with Gasteiger partial charge in [0.2, 0.25) is 15.9 Å². The van der Waals surface area contributed by atoms with E-state index in [-0.39, 0.29) is 35.5 Å². The lowest BCUT2D eigenvalue weighted by molar-refractivity contribution is -0.121. The number of carbonyl (C=O) groups is 1. The third-order valence-electron chi connectivity index (χ3n) is 4.23. The van der Waals surface area contributed by atoms with Crippen molar-refractivity contribution in [2.45, 2.75) is 37.2 Å². The SMILES string of the molecule is Cc1ccc(S(=O)(=O)N(CC(=O)NC2CC2)Cc2ccccc2F)cc1. The highest BCUT2D eigenvalue weighted by atomic mass is 32.2. The van der Waals surface area contributed by atoms with Gasteiger partial charge >= 0.3 is 0 Å². The van der Waals surface area contributed by atoms with Crippen molar-refractivity contribution in [2.75, 3.05) is 6.54 Å². The molecular formula is C19H21FN2O3S. The predicted molar refractivity (Wildman–Crippen MR) is 96.3 cm³/mol. The number of aryl methyl sites for hydroxylation is 1. The standard InChI is InChI=1S/C19H21FN2O3S/c1-14-6-10-17(11-7-14)26(24,25)22(13-19(23)21-16-8-9-16)12-15-4-2-3-5-18(15)20/h2-7,10-11,16H,8-9,12-13H2,1H3,(H,21,23). The average molecular weight is 376 g/mol. The zero-order chi connectivity index (χ0) is 18.7. The summed E-state index contributed by atoms with van der Waals surface area (Å²) in [6.45, 7) is 1.30. The van der Waals surface area contributed by atoms with Gasteiger partial charge in [0, 0.05) is 18.2 Å². The Bertz CT molecular complexity index is 893. The minimum atomic E-state index is -3.94. The van der Waals surface area contributed by atoms with E-state index in [1.165, 1.54) is 30.3 Å². The van der Waals surface area contributed by atoms with Gasteiger partial charge in [-0.15, -0.1) is 0 Å². The molecule has 1 N–H and O–H groups in total. The van der Waals surface area contributed by atoms with E-state index in [1.807, 2.05) is 6.92 Å². The summed E-state index contributed by atoms with van der Waals surface area (Å²) in [5.41, 5.74) is 1.15. The zero-order valence-corrected chi connectivity index (χ0v) is 15.3. The number of amides is 1. The van der Waals surface area contributed by atoms with E-state index in [4.69, 9.17) is 0 Å². The van der Waals surface area contributed by atoms with Crippen molar-refractivity contribution in [2.24, 2.45) is 0 Å². The minimum absolute atomic E-state index is 0.0821. The first-order valence-corrected chi connectivity index (χ1v) is 9.90. The summed E-state index contributed by atoms with van der Waals surface area (Å²) in [6, 6.07) is 12.5. The molecule has 0 saturated heterocycles. The van der Waals surface area contributed by atoms with Crippen molar-refractivity contribution in [1.29, 1.82) is 0 Å². The fourth-order valence-corrected chi connectivity index (χ4v) is 3.94. The molecule has 0 bridgehead atoms. The monoisotopic (exact) mass is 376 g/mol. The number of halogens is 1. The summed E-state index contributed by atoms with van der Waals surface area (Å²) >= 11 is 0. The Morgan fingerprint density at radius 2 is 1.81 bits per heavy atom. The van der Waals surface area contributed by atoms with Crippen LogP contribution >= 0.6 is 0 Å². The predicted octanol–water partition coefficient (Wildman–Crippen LogP) is 2.60. The van der Waals surface area contributed by atoms with Crippen LogP contribution in [0, 0.1) is 12.7 Å². The van der Waals surface area contributed by atoms with Gasteiger partial charge in [-0.1, -0.05) is 35.9 Å². The molecule has 0 aliphatic heterocycles. The molecule has 1 amide bonds. The quantitative estimate of drug-likeness (QED) is 0.808. The van der Waals surface area contributed by atoms with Crippen LogP contribution < -0.4 is 5.32 Å². The van der Waals surface area contributed by atoms with E-state index in [2.05, 4.69) is 5.32 Å². The highest BCUT2D eigenvalue weighted by Gasteiger charge is 2.30. The summed E-state index contributed by atoms with van der Waals surface area (Å²) < 4.78 is 41.1. The number of hydrogen-bond acceptors (Lipinski definition) is 3. The van der Waals surface area contributed by atoms with Gasteiger partial charge in [0.05, 0.1) is 11.4 Å². The van der Waals surface area contributed by atoms with Crippen LogP contribution in [-0.4, -0.2) is 31.2 Å². The third kappa shape index (κ3) is 4.47. The highest BCUT2D eigenvalue weighted by Crippen LogP contribution is 2.21. The average Bonchev–Trinajstić information content (AvgIpc) is 3.40. The fourth-order valence-electron chi connectivity index (χ4n) is 2.56. The van der Waals surface area contributed by atoms with E-state index in [0.29, 0.717) is 0 Å². The second kappa shape index (κ2) is 7.55. The summed E-state index contributed by atoms with van der Waals surface area (Å²) in [4.78, 5) is 12.3. The van der Waals surface area contributed by atoms with E-state index >= 15 is 0 Å². The van der Waals surface area contributed by atoms with Gasteiger partial charge in [-0.2, -0.15) is 4.31 Å². The molecule has 138 valence electrons. The first kappa shape index (κ1) is 18.5. The summed E-state index contributed by atoms with van der Waals surface area (Å²) in [5.74, 6) is -0.876. The van der Waals surface area contributed by atoms with Crippen LogP contribution in [0.4, 0.5) is 4.39 Å². The fraction of sp³-hybridized carbons (Fsp3) is 0.316. The molecule has 1 fully saturated rings. The minimum Gasteiger partial charge on any atom is -0.352 e. The first-order chi connectivity index (χ1) is 12.4. The van der Waals surface area contributed by atoms with Crippen LogP contribution in [0.25, 0.3) is 0 Å². The lowest BCUT2D eigenvalue weighted by Crippen LogP contribution is -2.41. The van der Waals surface area contributed by atoms with Crippen molar-refractivity contribution < 1.29 is 17.6 Å². The Morgan fingerprint density at radius 1 is 1.15 bits per heavy atom. The number of nitrogens with zero attached hydrogens (tertiary/aromatic N) is 1. The van der Waals surface area contributed by atoms with Gasteiger partial charge in [0.15, 0.2) is 0 Å². The van der Waals surface area contributed by atoms with Gasteiger partial charge in [0.25, 0.3) is 0 Å². The molecule has 0 spiro atoms. The summed E-state index contributed by atoms with van der Waals surface area (Å²) in [6.07, 6.45) is 1.81. The number of sulfonamides is 1. The van der Waals surface area contributed by atoms with E-state index in [0.717, 1.165) is 22.7 Å². The molecule has 1 aliphatic carbocycles. The molecule has 1 saturated carbocycles. The van der Waals surface area contributed by atoms with Gasteiger partial charge in [-0.25, -0.2) is 12.8 Å². The van der Waals surface area contributed by atoms with E-state index in [9.17, 15) is 17.6 Å². The second-order valence-corrected chi connectivity index (χ2v) is 8.46. The number of benzene rings is 2. The van der Waals surface area contributed by atoms with E-state index in [1.54, 1.807) is 18.2 Å². The molecule has 0 heterocycles. The van der Waals surface area contributed by atoms with E-state index < -0.39 is 15.8 Å². The Kier molecular flexibility index (Phi) is 5.38. The molecule has 3 rings (SSSR count). The highest BCUT2D eigenvalue weighted by molar-refractivity contribution is 7.89. The summed E-state index contributed by atoms with van der Waals surface area (Å²) in [7, 11) is -3.94. The van der Waals surface area contributed by atoms with Crippen LogP contribution in [-0.2, 0) is 21.4 Å². The first-order valence-electron chi connectivity index (χ1n) is 8.46. The Morgan fingerprint density at radius 3 is 2.42 bits per heavy atom. The maximum atomic E-state index is 14.0. The molecule has 0 aromatic heterocycles. The number of hydrogen-bond donors (Lipinski definition) is 1. The van der Waals surface area contributed by atoms with Gasteiger partial charge in [-0.05, 0) is 38.0 Å². The normalized spacial score (nSPS) is 14.4. The van der Waals surface area contributed by atoms with Gasteiger partial charge < -0.3 is 5.32 Å². The lowest BCUT2D eigenvalue weighted by Gasteiger charge is -2.22. The third-order valence-corrected chi connectivity index (χ3v) is 6.03. The zero-order valence-electron chi connectivity index (χ0n) is 14.5. The molecule has 26 heavy (non-hydrogen) atoms. The Hall–Kier alpha value is -2.25. The van der Waals surface area contributed by atoms with Crippen LogP contribution in [0.2, 0.25) is 0 Å². The van der Waals surface area contributed by atoms with Crippen LogP contribution in [0.5, 0.6) is 0 Å². The van der Waals surface area contributed by atoms with Crippen LogP contribution in [0.1, 0.15) is 24.0 Å². The molecule has 1 aliphatic rings. The van der Waals surface area contributed by atoms with Gasteiger partial charge in [0.1, 0.15) is 5.82 Å².